The predicted molar refractivity (Wildman–Crippen MR) is 176 cm³/mol. The van der Waals surface area contributed by atoms with Gasteiger partial charge in [-0.1, -0.05) is 115 Å². The zero-order chi connectivity index (χ0) is 27.2. The summed E-state index contributed by atoms with van der Waals surface area (Å²) in [5.41, 5.74) is 6.03. The molecule has 0 aliphatic heterocycles. The van der Waals surface area contributed by atoms with Crippen LogP contribution in [-0.4, -0.2) is 9.13 Å². The van der Waals surface area contributed by atoms with Crippen molar-refractivity contribution in [3.05, 3.63) is 164 Å². The van der Waals surface area contributed by atoms with Crippen LogP contribution in [0.3, 0.4) is 0 Å². The fourth-order valence-electron chi connectivity index (χ4n) is 6.11. The summed E-state index contributed by atoms with van der Waals surface area (Å²) in [6.45, 7) is 0. The second-order valence-electron chi connectivity index (χ2n) is 10.3. The van der Waals surface area contributed by atoms with Crippen LogP contribution in [0.5, 0.6) is 0 Å². The Kier molecular flexibility index (Phi) is 5.80. The zero-order valence-corrected chi connectivity index (χ0v) is 23.3. The number of aromatic nitrogens is 2. The molecule has 3 heteroatoms. The minimum absolute atomic E-state index is 0.648. The quantitative estimate of drug-likeness (QED) is 0.193. The summed E-state index contributed by atoms with van der Waals surface area (Å²) >= 11 is 0. The highest BCUT2D eigenvalue weighted by molar-refractivity contribution is 7.79. The first kappa shape index (κ1) is 23.9. The van der Waals surface area contributed by atoms with E-state index in [1.807, 2.05) is 0 Å². The van der Waals surface area contributed by atoms with Crippen LogP contribution in [0.4, 0.5) is 0 Å². The van der Waals surface area contributed by atoms with Gasteiger partial charge in [0.2, 0.25) is 0 Å². The molecular formula is C38H27N2P. The fourth-order valence-corrected chi connectivity index (χ4v) is 8.39. The van der Waals surface area contributed by atoms with E-state index < -0.39 is 7.92 Å². The van der Waals surface area contributed by atoms with Gasteiger partial charge in [-0.25, -0.2) is 0 Å². The molecule has 0 radical (unpaired) electrons. The molecule has 0 spiro atoms. The first-order valence-corrected chi connectivity index (χ1v) is 15.3. The van der Waals surface area contributed by atoms with Crippen molar-refractivity contribution >= 4 is 56.5 Å². The average Bonchev–Trinajstić information content (AvgIpc) is 3.63. The molecule has 2 nitrogen and oxygen atoms in total. The van der Waals surface area contributed by atoms with Gasteiger partial charge in [-0.2, -0.15) is 0 Å². The Morgan fingerprint density at radius 3 is 1.63 bits per heavy atom. The van der Waals surface area contributed by atoms with Crippen molar-refractivity contribution in [2.75, 3.05) is 0 Å². The van der Waals surface area contributed by atoms with Gasteiger partial charge in [0.05, 0.1) is 16.6 Å². The van der Waals surface area contributed by atoms with Crippen molar-refractivity contribution in [1.29, 1.82) is 0 Å². The topological polar surface area (TPSA) is 9.86 Å². The SMILES string of the molecule is c1ccc(-n2ccc3c2ccc2c4ccccc4n(-c4ccc(P(c5ccccc5)c5ccccc5)cc4)c23)cc1. The smallest absolute Gasteiger partial charge is 0.0635 e. The average molecular weight is 543 g/mol. The van der Waals surface area contributed by atoms with Gasteiger partial charge < -0.3 is 9.13 Å². The van der Waals surface area contributed by atoms with Crippen molar-refractivity contribution < 1.29 is 0 Å². The minimum Gasteiger partial charge on any atom is -0.316 e. The standard InChI is InChI=1S/C38H27N2P/c1-4-12-28(13-5-1)39-27-26-35-36(39)25-24-34-33-18-10-11-19-37(33)40(38(34)35)29-20-22-32(23-21-29)41(30-14-6-2-7-15-30)31-16-8-3-9-17-31/h1-27H. The van der Waals surface area contributed by atoms with Gasteiger partial charge in [-0.15, -0.1) is 0 Å². The van der Waals surface area contributed by atoms with Crippen LogP contribution in [0.2, 0.25) is 0 Å². The summed E-state index contributed by atoms with van der Waals surface area (Å²) in [6, 6.07) is 57.2. The van der Waals surface area contributed by atoms with Gasteiger partial charge in [0, 0.05) is 33.7 Å². The number of nitrogens with zero attached hydrogens (tertiary/aromatic N) is 2. The summed E-state index contributed by atoms with van der Waals surface area (Å²) in [7, 11) is -0.648. The van der Waals surface area contributed by atoms with Crippen molar-refractivity contribution in [2.24, 2.45) is 0 Å². The predicted octanol–water partition coefficient (Wildman–Crippen LogP) is 8.49. The maximum atomic E-state index is 2.44. The first-order chi connectivity index (χ1) is 20.4. The summed E-state index contributed by atoms with van der Waals surface area (Å²) in [5, 5.41) is 7.88. The van der Waals surface area contributed by atoms with Gasteiger partial charge in [-0.05, 0) is 66.3 Å². The second-order valence-corrected chi connectivity index (χ2v) is 12.5. The Balaban J connectivity index is 1.33. The molecule has 0 aliphatic rings. The molecule has 41 heavy (non-hydrogen) atoms. The minimum atomic E-state index is -0.648. The van der Waals surface area contributed by atoms with E-state index in [0.717, 1.165) is 0 Å². The van der Waals surface area contributed by atoms with E-state index in [-0.39, 0.29) is 0 Å². The molecule has 0 atom stereocenters. The van der Waals surface area contributed by atoms with Crippen LogP contribution < -0.4 is 15.9 Å². The van der Waals surface area contributed by atoms with Gasteiger partial charge in [0.1, 0.15) is 0 Å². The number of para-hydroxylation sites is 2. The fraction of sp³-hybridized carbons (Fsp3) is 0. The van der Waals surface area contributed by atoms with Crippen molar-refractivity contribution in [2.45, 2.75) is 0 Å². The molecule has 0 saturated heterocycles. The van der Waals surface area contributed by atoms with Gasteiger partial charge in [0.15, 0.2) is 0 Å². The number of hydrogen-bond acceptors (Lipinski definition) is 0. The summed E-state index contributed by atoms with van der Waals surface area (Å²) in [4.78, 5) is 0. The molecule has 0 aliphatic carbocycles. The highest BCUT2D eigenvalue weighted by atomic mass is 31.1. The lowest BCUT2D eigenvalue weighted by molar-refractivity contribution is 1.13. The maximum absolute atomic E-state index is 2.44. The van der Waals surface area contributed by atoms with Gasteiger partial charge in [0.25, 0.3) is 0 Å². The third kappa shape index (κ3) is 3.99. The highest BCUT2D eigenvalue weighted by Gasteiger charge is 2.19. The van der Waals surface area contributed by atoms with Crippen LogP contribution in [0, 0.1) is 0 Å². The third-order valence-electron chi connectivity index (χ3n) is 7.93. The van der Waals surface area contributed by atoms with Crippen molar-refractivity contribution in [3.63, 3.8) is 0 Å². The Labute approximate surface area is 240 Å². The lowest BCUT2D eigenvalue weighted by Crippen LogP contribution is -2.20. The maximum Gasteiger partial charge on any atom is 0.0635 e. The molecule has 2 heterocycles. The summed E-state index contributed by atoms with van der Waals surface area (Å²) in [5.74, 6) is 0. The van der Waals surface area contributed by atoms with Crippen molar-refractivity contribution in [3.8, 4) is 11.4 Å². The molecular weight excluding hydrogens is 515 g/mol. The number of fused-ring (bicyclic) bond motifs is 5. The zero-order valence-electron chi connectivity index (χ0n) is 22.4. The Hall–Kier alpha value is -4.91. The molecule has 8 rings (SSSR count). The van der Waals surface area contributed by atoms with E-state index in [4.69, 9.17) is 0 Å². The monoisotopic (exact) mass is 542 g/mol. The molecule has 194 valence electrons. The van der Waals surface area contributed by atoms with Crippen LogP contribution in [0.1, 0.15) is 0 Å². The number of hydrogen-bond donors (Lipinski definition) is 0. The van der Waals surface area contributed by atoms with Crippen LogP contribution in [-0.2, 0) is 0 Å². The van der Waals surface area contributed by atoms with Gasteiger partial charge in [-0.3, -0.25) is 0 Å². The van der Waals surface area contributed by atoms with Crippen LogP contribution in [0.25, 0.3) is 44.1 Å². The molecule has 6 aromatic carbocycles. The molecule has 0 unspecified atom stereocenters. The van der Waals surface area contributed by atoms with E-state index in [1.54, 1.807) is 0 Å². The van der Waals surface area contributed by atoms with E-state index in [2.05, 4.69) is 173 Å². The van der Waals surface area contributed by atoms with Crippen LogP contribution >= 0.6 is 7.92 Å². The Morgan fingerprint density at radius 1 is 0.366 bits per heavy atom. The van der Waals surface area contributed by atoms with E-state index in [9.17, 15) is 0 Å². The largest absolute Gasteiger partial charge is 0.316 e. The number of rotatable bonds is 5. The second kappa shape index (κ2) is 9.93. The molecule has 8 aromatic rings. The van der Waals surface area contributed by atoms with E-state index >= 15 is 0 Å². The highest BCUT2D eigenvalue weighted by Crippen LogP contribution is 2.38. The summed E-state index contributed by atoms with van der Waals surface area (Å²) in [6.07, 6.45) is 2.19. The van der Waals surface area contributed by atoms with Gasteiger partial charge >= 0.3 is 0 Å². The van der Waals surface area contributed by atoms with E-state index in [0.29, 0.717) is 0 Å². The molecule has 0 bridgehead atoms. The Bertz CT molecular complexity index is 2090. The third-order valence-corrected chi connectivity index (χ3v) is 10.4. The summed E-state index contributed by atoms with van der Waals surface area (Å²) < 4.78 is 4.73. The van der Waals surface area contributed by atoms with Crippen molar-refractivity contribution in [1.82, 2.24) is 9.13 Å². The first-order valence-electron chi connectivity index (χ1n) is 14.0. The lowest BCUT2D eigenvalue weighted by Gasteiger charge is -2.20. The molecule has 0 N–H and O–H groups in total. The lowest BCUT2D eigenvalue weighted by atomic mass is 10.1. The molecule has 0 saturated carbocycles. The molecule has 2 aromatic heterocycles. The molecule has 0 amide bonds. The Morgan fingerprint density at radius 2 is 0.951 bits per heavy atom. The van der Waals surface area contributed by atoms with E-state index in [1.165, 1.54) is 60.0 Å². The normalized spacial score (nSPS) is 11.6. The van der Waals surface area contributed by atoms with Crippen LogP contribution in [0.15, 0.2) is 164 Å². The number of benzene rings is 6. The molecule has 0 fully saturated rings.